The standard InChI is InChI=1S/C13H11N3O2S/c1-2-5-19-7-12(17)16-9-3-4-11-10(6-9)13(18)15-8-14-11/h2-4,6,8H,1,5,7H2. The summed E-state index contributed by atoms with van der Waals surface area (Å²) in [7, 11) is 0. The van der Waals surface area contributed by atoms with E-state index in [1.54, 1.807) is 18.2 Å². The van der Waals surface area contributed by atoms with Crippen LogP contribution in [0.2, 0.25) is 0 Å². The van der Waals surface area contributed by atoms with Crippen molar-refractivity contribution in [3.05, 3.63) is 36.5 Å². The van der Waals surface area contributed by atoms with E-state index in [0.717, 1.165) is 0 Å². The molecule has 2 rings (SSSR count). The molecule has 19 heavy (non-hydrogen) atoms. The van der Waals surface area contributed by atoms with Gasteiger partial charge in [-0.2, -0.15) is 4.99 Å². The van der Waals surface area contributed by atoms with E-state index in [0.29, 0.717) is 28.5 Å². The number of carbonyl (C=O) groups is 2. The van der Waals surface area contributed by atoms with Crippen LogP contribution in [0.4, 0.5) is 0 Å². The Bertz CT molecular complexity index is 583. The van der Waals surface area contributed by atoms with E-state index in [1.807, 2.05) is 0 Å². The van der Waals surface area contributed by atoms with Crippen LogP contribution in [-0.2, 0) is 9.59 Å². The normalized spacial score (nSPS) is 18.9. The summed E-state index contributed by atoms with van der Waals surface area (Å²) in [6.45, 7) is 3.57. The summed E-state index contributed by atoms with van der Waals surface area (Å²) in [5.41, 5.74) is 1.37. The molecule has 2 amide bonds. The smallest absolute Gasteiger partial charge is 0.272 e. The molecule has 0 aromatic heterocycles. The third-order valence-electron chi connectivity index (χ3n) is 2.30. The van der Waals surface area contributed by atoms with Crippen molar-refractivity contribution < 1.29 is 9.59 Å². The van der Waals surface area contributed by atoms with E-state index in [1.165, 1.54) is 24.2 Å². The van der Waals surface area contributed by atoms with Crippen LogP contribution in [0.1, 0.15) is 0 Å². The van der Waals surface area contributed by atoms with E-state index in [2.05, 4.69) is 21.6 Å². The van der Waals surface area contributed by atoms with E-state index in [4.69, 9.17) is 0 Å². The quantitative estimate of drug-likeness (QED) is 0.441. The van der Waals surface area contributed by atoms with E-state index in [9.17, 15) is 9.59 Å². The largest absolute Gasteiger partial charge is 0.280 e. The Morgan fingerprint density at radius 1 is 1.47 bits per heavy atom. The van der Waals surface area contributed by atoms with Crippen molar-refractivity contribution in [1.82, 2.24) is 0 Å². The molecule has 0 bridgehead atoms. The Balaban J connectivity index is 2.09. The first-order valence-electron chi connectivity index (χ1n) is 5.55. The molecule has 0 fully saturated rings. The highest BCUT2D eigenvalue weighted by Gasteiger charge is 2.19. The second-order valence-electron chi connectivity index (χ2n) is 3.69. The Labute approximate surface area is 114 Å². The number of allylic oxidation sites excluding steroid dienone is 3. The average molecular weight is 273 g/mol. The number of nitrogens with zero attached hydrogens (tertiary/aromatic N) is 3. The summed E-state index contributed by atoms with van der Waals surface area (Å²) in [4.78, 5) is 34.6. The van der Waals surface area contributed by atoms with Crippen molar-refractivity contribution in [1.29, 1.82) is 0 Å². The van der Waals surface area contributed by atoms with Gasteiger partial charge in [0.2, 0.25) is 0 Å². The van der Waals surface area contributed by atoms with Gasteiger partial charge in [-0.3, -0.25) is 9.59 Å². The molecule has 0 spiro atoms. The summed E-state index contributed by atoms with van der Waals surface area (Å²) in [6, 6.07) is 0. The van der Waals surface area contributed by atoms with Gasteiger partial charge in [0, 0.05) is 5.75 Å². The number of aliphatic imine (C=N–C) groups is 3. The van der Waals surface area contributed by atoms with Crippen LogP contribution in [0, 0.1) is 0 Å². The lowest BCUT2D eigenvalue weighted by molar-refractivity contribution is -0.115. The molecule has 2 aliphatic rings. The minimum absolute atomic E-state index is 0.240. The Morgan fingerprint density at radius 2 is 2.32 bits per heavy atom. The molecule has 0 aromatic carbocycles. The molecular formula is C13H11N3O2S. The van der Waals surface area contributed by atoms with Gasteiger partial charge in [0.05, 0.1) is 22.7 Å². The fourth-order valence-corrected chi connectivity index (χ4v) is 2.02. The second kappa shape index (κ2) is 6.19. The van der Waals surface area contributed by atoms with Gasteiger partial charge in [-0.05, 0) is 18.2 Å². The predicted octanol–water partition coefficient (Wildman–Crippen LogP) is 1.38. The second-order valence-corrected chi connectivity index (χ2v) is 4.72. The van der Waals surface area contributed by atoms with Gasteiger partial charge in [0.1, 0.15) is 6.34 Å². The molecule has 96 valence electrons. The topological polar surface area (TPSA) is 71.2 Å². The van der Waals surface area contributed by atoms with Crippen LogP contribution in [0.5, 0.6) is 0 Å². The maximum Gasteiger partial charge on any atom is 0.280 e. The summed E-state index contributed by atoms with van der Waals surface area (Å²) in [6.07, 6.45) is 7.80. The van der Waals surface area contributed by atoms with Crippen LogP contribution >= 0.6 is 11.8 Å². The van der Waals surface area contributed by atoms with Crippen molar-refractivity contribution in [2.24, 2.45) is 15.0 Å². The van der Waals surface area contributed by atoms with Crippen LogP contribution in [0.15, 0.2) is 51.4 Å². The molecule has 1 aliphatic carbocycles. The predicted molar refractivity (Wildman–Crippen MR) is 78.1 cm³/mol. The van der Waals surface area contributed by atoms with E-state index >= 15 is 0 Å². The Hall–Kier alpha value is -2.08. The first-order valence-corrected chi connectivity index (χ1v) is 6.71. The van der Waals surface area contributed by atoms with E-state index < -0.39 is 0 Å². The monoisotopic (exact) mass is 273 g/mol. The molecule has 5 nitrogen and oxygen atoms in total. The van der Waals surface area contributed by atoms with Crippen LogP contribution < -0.4 is 0 Å². The van der Waals surface area contributed by atoms with Crippen LogP contribution in [-0.4, -0.2) is 41.1 Å². The minimum atomic E-state index is -0.365. The number of hydrogen-bond donors (Lipinski definition) is 0. The highest BCUT2D eigenvalue weighted by molar-refractivity contribution is 8.00. The number of fused-ring (bicyclic) bond motifs is 1. The molecule has 0 saturated carbocycles. The van der Waals surface area contributed by atoms with Crippen molar-refractivity contribution >= 4 is 41.3 Å². The maximum atomic E-state index is 11.6. The zero-order valence-electron chi connectivity index (χ0n) is 10.1. The van der Waals surface area contributed by atoms with Crippen molar-refractivity contribution in [2.45, 2.75) is 0 Å². The van der Waals surface area contributed by atoms with Gasteiger partial charge in [0.15, 0.2) is 0 Å². The first kappa shape index (κ1) is 13.4. The van der Waals surface area contributed by atoms with Gasteiger partial charge in [-0.25, -0.2) is 9.98 Å². The van der Waals surface area contributed by atoms with Gasteiger partial charge >= 0.3 is 0 Å². The molecule has 0 unspecified atom stereocenters. The minimum Gasteiger partial charge on any atom is -0.272 e. The number of carbonyl (C=O) groups excluding carboxylic acids is 2. The van der Waals surface area contributed by atoms with Gasteiger partial charge in [0.25, 0.3) is 11.8 Å². The fraction of sp³-hybridized carbons (Fsp3) is 0.154. The number of thioether (sulfide) groups is 1. The lowest BCUT2D eigenvalue weighted by Gasteiger charge is -2.10. The van der Waals surface area contributed by atoms with E-state index in [-0.39, 0.29) is 11.8 Å². The highest BCUT2D eigenvalue weighted by Crippen LogP contribution is 2.13. The summed E-state index contributed by atoms with van der Waals surface area (Å²) in [5.74, 6) is 0.392. The molecule has 6 heteroatoms. The lowest BCUT2D eigenvalue weighted by Crippen LogP contribution is -2.18. The number of amides is 2. The lowest BCUT2D eigenvalue weighted by atomic mass is 10.0. The molecule has 0 atom stereocenters. The van der Waals surface area contributed by atoms with Crippen LogP contribution in [0.25, 0.3) is 0 Å². The van der Waals surface area contributed by atoms with Gasteiger partial charge < -0.3 is 0 Å². The van der Waals surface area contributed by atoms with Gasteiger partial charge in [-0.1, -0.05) is 6.08 Å². The molecule has 1 aliphatic heterocycles. The zero-order valence-corrected chi connectivity index (χ0v) is 10.9. The summed E-state index contributed by atoms with van der Waals surface area (Å²) >= 11 is 1.44. The average Bonchev–Trinajstić information content (AvgIpc) is 2.40. The third kappa shape index (κ3) is 3.45. The van der Waals surface area contributed by atoms with Crippen molar-refractivity contribution in [3.63, 3.8) is 0 Å². The molecular weight excluding hydrogens is 262 g/mol. The van der Waals surface area contributed by atoms with Crippen molar-refractivity contribution in [2.75, 3.05) is 11.5 Å². The van der Waals surface area contributed by atoms with Crippen molar-refractivity contribution in [3.8, 4) is 0 Å². The molecule has 1 heterocycles. The number of rotatable bonds is 4. The maximum absolute atomic E-state index is 11.6. The first-order chi connectivity index (χ1) is 9.20. The SMILES string of the molecule is C=CCSCC(=O)N=C1C=CC2=NC=NC(=O)C2=C1. The molecule has 0 N–H and O–H groups in total. The summed E-state index contributed by atoms with van der Waals surface area (Å²) < 4.78 is 0. The Kier molecular flexibility index (Phi) is 4.35. The fourth-order valence-electron chi connectivity index (χ4n) is 1.50. The number of hydrogen-bond acceptors (Lipinski definition) is 4. The van der Waals surface area contributed by atoms with Crippen LogP contribution in [0.3, 0.4) is 0 Å². The third-order valence-corrected chi connectivity index (χ3v) is 3.22. The Morgan fingerprint density at radius 3 is 3.11 bits per heavy atom. The molecule has 0 radical (unpaired) electrons. The summed E-state index contributed by atoms with van der Waals surface area (Å²) in [5, 5.41) is 0. The van der Waals surface area contributed by atoms with Gasteiger partial charge in [-0.15, -0.1) is 18.3 Å². The highest BCUT2D eigenvalue weighted by atomic mass is 32.2. The molecule has 0 saturated heterocycles. The molecule has 0 aromatic rings. The zero-order chi connectivity index (χ0) is 13.7.